The van der Waals surface area contributed by atoms with E-state index in [0.717, 1.165) is 22.1 Å². The van der Waals surface area contributed by atoms with E-state index < -0.39 is 0 Å². The lowest BCUT2D eigenvalue weighted by molar-refractivity contribution is 0.648. The molecule has 0 atom stereocenters. The van der Waals surface area contributed by atoms with Crippen LogP contribution >= 0.6 is 11.8 Å². The van der Waals surface area contributed by atoms with Crippen molar-refractivity contribution in [2.24, 2.45) is 4.99 Å². The number of hydrogen-bond donors (Lipinski definition) is 0. The van der Waals surface area contributed by atoms with Crippen molar-refractivity contribution in [1.29, 1.82) is 0 Å². The van der Waals surface area contributed by atoms with Crippen molar-refractivity contribution < 1.29 is 0 Å². The van der Waals surface area contributed by atoms with E-state index in [9.17, 15) is 0 Å². The summed E-state index contributed by atoms with van der Waals surface area (Å²) in [7, 11) is 0. The molecule has 0 bridgehead atoms. The molecule has 3 rings (SSSR count). The Balaban J connectivity index is 2.23. The van der Waals surface area contributed by atoms with Crippen LogP contribution in [0.25, 0.3) is 0 Å². The highest BCUT2D eigenvalue weighted by Gasteiger charge is 2.18. The largest absolute Gasteiger partial charge is 0.238 e. The monoisotopic (exact) mass is 231 g/mol. The van der Waals surface area contributed by atoms with Crippen molar-refractivity contribution in [3.63, 3.8) is 0 Å². The minimum Gasteiger partial charge on any atom is -0.238 e. The van der Waals surface area contributed by atoms with Gasteiger partial charge in [-0.3, -0.25) is 0 Å². The number of rotatable bonds is 0. The summed E-state index contributed by atoms with van der Waals surface area (Å²) in [4.78, 5) is 4.59. The standard InChI is InChI=1S/C10H9N5S/c1-16-10-9-12-13-14-15(9)6-7-4-2-3-5-8(7)11-10/h2-5H,6H2,1H3. The predicted molar refractivity (Wildman–Crippen MR) is 63.1 cm³/mol. The molecule has 6 heteroatoms. The molecular formula is C10H9N5S. The molecule has 1 aromatic carbocycles. The van der Waals surface area contributed by atoms with Crippen LogP contribution in [0.15, 0.2) is 29.3 Å². The average molecular weight is 231 g/mol. The summed E-state index contributed by atoms with van der Waals surface area (Å²) >= 11 is 1.56. The van der Waals surface area contributed by atoms with Gasteiger partial charge in [0.05, 0.1) is 12.2 Å². The maximum atomic E-state index is 4.59. The Kier molecular flexibility index (Phi) is 2.21. The smallest absolute Gasteiger partial charge is 0.207 e. The molecule has 16 heavy (non-hydrogen) atoms. The maximum absolute atomic E-state index is 4.59. The highest BCUT2D eigenvalue weighted by atomic mass is 32.2. The van der Waals surface area contributed by atoms with E-state index in [2.05, 4.69) is 20.5 Å². The van der Waals surface area contributed by atoms with Gasteiger partial charge in [-0.05, 0) is 28.3 Å². The number of tetrazole rings is 1. The van der Waals surface area contributed by atoms with Crippen LogP contribution in [-0.2, 0) is 6.54 Å². The van der Waals surface area contributed by atoms with Crippen LogP contribution in [0.4, 0.5) is 5.69 Å². The Hall–Kier alpha value is -1.69. The van der Waals surface area contributed by atoms with Gasteiger partial charge in [0.2, 0.25) is 5.82 Å². The molecule has 0 fully saturated rings. The first-order chi connectivity index (χ1) is 7.88. The summed E-state index contributed by atoms with van der Waals surface area (Å²) in [6.45, 7) is 0.673. The van der Waals surface area contributed by atoms with E-state index >= 15 is 0 Å². The van der Waals surface area contributed by atoms with Crippen LogP contribution < -0.4 is 0 Å². The fourth-order valence-electron chi connectivity index (χ4n) is 1.68. The second-order valence-corrected chi connectivity index (χ2v) is 4.20. The van der Waals surface area contributed by atoms with E-state index in [1.807, 2.05) is 30.5 Å². The van der Waals surface area contributed by atoms with Crippen LogP contribution in [-0.4, -0.2) is 31.5 Å². The number of para-hydroxylation sites is 1. The summed E-state index contributed by atoms with van der Waals surface area (Å²) in [5, 5.41) is 12.5. The van der Waals surface area contributed by atoms with Gasteiger partial charge in [-0.2, -0.15) is 0 Å². The molecule has 1 aromatic heterocycles. The third kappa shape index (κ3) is 1.42. The van der Waals surface area contributed by atoms with Gasteiger partial charge in [0.25, 0.3) is 0 Å². The Morgan fingerprint density at radius 2 is 2.19 bits per heavy atom. The van der Waals surface area contributed by atoms with Gasteiger partial charge in [-0.25, -0.2) is 9.67 Å². The van der Waals surface area contributed by atoms with Crippen molar-refractivity contribution in [3.05, 3.63) is 35.7 Å². The summed E-state index contributed by atoms with van der Waals surface area (Å²) in [6, 6.07) is 8.04. The molecule has 5 nitrogen and oxygen atoms in total. The third-order valence-electron chi connectivity index (χ3n) is 2.45. The van der Waals surface area contributed by atoms with E-state index in [1.165, 1.54) is 0 Å². The number of fused-ring (bicyclic) bond motifs is 2. The number of thioether (sulfide) groups is 1. The average Bonchev–Trinajstić information content (AvgIpc) is 2.70. The van der Waals surface area contributed by atoms with Gasteiger partial charge in [-0.15, -0.1) is 16.9 Å². The van der Waals surface area contributed by atoms with Gasteiger partial charge < -0.3 is 0 Å². The normalized spacial score (nSPS) is 13.7. The fraction of sp³-hybridized carbons (Fsp3) is 0.200. The molecule has 1 aliphatic rings. The molecule has 0 saturated heterocycles. The molecule has 0 N–H and O–H groups in total. The molecule has 2 aromatic rings. The maximum Gasteiger partial charge on any atom is 0.207 e. The van der Waals surface area contributed by atoms with Crippen molar-refractivity contribution in [2.45, 2.75) is 6.54 Å². The predicted octanol–water partition coefficient (Wildman–Crippen LogP) is 1.48. The first-order valence-corrected chi connectivity index (χ1v) is 6.08. The zero-order valence-corrected chi connectivity index (χ0v) is 9.48. The van der Waals surface area contributed by atoms with Crippen LogP contribution in [0.1, 0.15) is 11.4 Å². The Morgan fingerprint density at radius 1 is 1.31 bits per heavy atom. The molecule has 0 aliphatic carbocycles. The van der Waals surface area contributed by atoms with E-state index in [1.54, 1.807) is 16.4 Å². The van der Waals surface area contributed by atoms with Crippen LogP contribution in [0.3, 0.4) is 0 Å². The summed E-state index contributed by atoms with van der Waals surface area (Å²) < 4.78 is 1.78. The first-order valence-electron chi connectivity index (χ1n) is 4.85. The van der Waals surface area contributed by atoms with Crippen molar-refractivity contribution in [3.8, 4) is 0 Å². The number of benzene rings is 1. The minimum absolute atomic E-state index is 0.673. The summed E-state index contributed by atoms with van der Waals surface area (Å²) in [5.74, 6) is 0.740. The number of hydrogen-bond acceptors (Lipinski definition) is 5. The molecule has 0 saturated carbocycles. The lowest BCUT2D eigenvalue weighted by Gasteiger charge is -2.01. The number of nitrogens with zero attached hydrogens (tertiary/aromatic N) is 5. The molecule has 1 aliphatic heterocycles. The Morgan fingerprint density at radius 3 is 3.06 bits per heavy atom. The van der Waals surface area contributed by atoms with E-state index in [0.29, 0.717) is 6.54 Å². The van der Waals surface area contributed by atoms with Crippen molar-refractivity contribution >= 4 is 22.5 Å². The Bertz CT molecular complexity index is 560. The first kappa shape index (κ1) is 9.53. The van der Waals surface area contributed by atoms with Gasteiger partial charge in [0.1, 0.15) is 5.04 Å². The minimum atomic E-state index is 0.673. The zero-order valence-electron chi connectivity index (χ0n) is 8.66. The highest BCUT2D eigenvalue weighted by molar-refractivity contribution is 8.13. The van der Waals surface area contributed by atoms with Crippen LogP contribution in [0, 0.1) is 0 Å². The molecule has 0 unspecified atom stereocenters. The fourth-order valence-corrected chi connectivity index (χ4v) is 2.19. The lowest BCUT2D eigenvalue weighted by atomic mass is 10.2. The van der Waals surface area contributed by atoms with Gasteiger partial charge in [0.15, 0.2) is 0 Å². The highest BCUT2D eigenvalue weighted by Crippen LogP contribution is 2.25. The van der Waals surface area contributed by atoms with Gasteiger partial charge in [0, 0.05) is 0 Å². The Labute approximate surface area is 96.6 Å². The SMILES string of the molecule is CSC1=Nc2ccccc2Cn2nnnc21. The van der Waals surface area contributed by atoms with E-state index in [-0.39, 0.29) is 0 Å². The van der Waals surface area contributed by atoms with Gasteiger partial charge in [-0.1, -0.05) is 18.2 Å². The molecular weight excluding hydrogens is 222 g/mol. The topological polar surface area (TPSA) is 56.0 Å². The second kappa shape index (κ2) is 3.71. The van der Waals surface area contributed by atoms with Crippen molar-refractivity contribution in [2.75, 3.05) is 6.26 Å². The quantitative estimate of drug-likeness (QED) is 0.689. The van der Waals surface area contributed by atoms with Crippen molar-refractivity contribution in [1.82, 2.24) is 20.2 Å². The molecule has 0 radical (unpaired) electrons. The molecule has 0 spiro atoms. The summed E-state index contributed by atoms with van der Waals surface area (Å²) in [5.41, 5.74) is 2.12. The third-order valence-corrected chi connectivity index (χ3v) is 3.11. The van der Waals surface area contributed by atoms with Gasteiger partial charge >= 0.3 is 0 Å². The number of aromatic nitrogens is 4. The molecule has 0 amide bonds. The zero-order chi connectivity index (χ0) is 11.0. The summed E-state index contributed by atoms with van der Waals surface area (Å²) in [6.07, 6.45) is 1.98. The molecule has 2 heterocycles. The number of aliphatic imine (C=N–C) groups is 1. The lowest BCUT2D eigenvalue weighted by Crippen LogP contribution is -2.08. The second-order valence-electron chi connectivity index (χ2n) is 3.41. The van der Waals surface area contributed by atoms with Crippen LogP contribution in [0.5, 0.6) is 0 Å². The molecule has 80 valence electrons. The van der Waals surface area contributed by atoms with E-state index in [4.69, 9.17) is 0 Å². The van der Waals surface area contributed by atoms with Crippen LogP contribution in [0.2, 0.25) is 0 Å².